The summed E-state index contributed by atoms with van der Waals surface area (Å²) < 4.78 is 40.0. The summed E-state index contributed by atoms with van der Waals surface area (Å²) in [7, 11) is 1.97. The number of aliphatic imine (C=N–C) groups is 1. The molecule has 0 aromatic carbocycles. The number of thioether (sulfide) groups is 1. The van der Waals surface area contributed by atoms with E-state index in [1.54, 1.807) is 11.8 Å². The van der Waals surface area contributed by atoms with E-state index in [1.165, 1.54) is 6.20 Å². The zero-order valence-corrected chi connectivity index (χ0v) is 14.6. The Kier molecular flexibility index (Phi) is 4.77. The molecular weight excluding hydrogens is 351 g/mol. The van der Waals surface area contributed by atoms with Gasteiger partial charge in [0.1, 0.15) is 16.5 Å². The molecule has 25 heavy (non-hydrogen) atoms. The maximum absolute atomic E-state index is 12.6. The van der Waals surface area contributed by atoms with E-state index in [4.69, 9.17) is 5.41 Å². The first-order valence-corrected chi connectivity index (χ1v) is 8.87. The Morgan fingerprint density at radius 2 is 2.16 bits per heavy atom. The van der Waals surface area contributed by atoms with Crippen molar-refractivity contribution in [2.75, 3.05) is 11.1 Å². The number of alkyl halides is 3. The van der Waals surface area contributed by atoms with Crippen LogP contribution < -0.4 is 5.32 Å². The summed E-state index contributed by atoms with van der Waals surface area (Å²) in [6.45, 7) is 2.05. The molecule has 3 rings (SSSR count). The molecule has 1 saturated carbocycles. The summed E-state index contributed by atoms with van der Waals surface area (Å²) in [6.07, 6.45) is 0.966. The van der Waals surface area contributed by atoms with Gasteiger partial charge in [-0.15, -0.1) is 11.8 Å². The summed E-state index contributed by atoms with van der Waals surface area (Å²) in [4.78, 5) is 8.03. The summed E-state index contributed by atoms with van der Waals surface area (Å²) in [5.74, 6) is 3.04. The van der Waals surface area contributed by atoms with E-state index in [0.29, 0.717) is 11.7 Å². The van der Waals surface area contributed by atoms with Crippen molar-refractivity contribution in [1.29, 1.82) is 5.41 Å². The molecule has 0 saturated heterocycles. The quantitative estimate of drug-likeness (QED) is 0.763. The van der Waals surface area contributed by atoms with Crippen LogP contribution in [0.2, 0.25) is 0 Å². The van der Waals surface area contributed by atoms with Crippen LogP contribution >= 0.6 is 11.8 Å². The molecule has 0 radical (unpaired) electrons. The standard InChI is InChI=1S/C16H18F3N5S/c1-3-25-15-13(23-14(24(15)2)9-4-5-9)22-8-10-7-21-12(6-11(10)20)16(17,18)19/h6-9,20,22H,3-5H2,1-2H3/b10-8-,20-11?. The smallest absolute Gasteiger partial charge is 0.344 e. The normalized spacial score (nSPS) is 19.5. The molecule has 9 heteroatoms. The molecule has 134 valence electrons. The topological polar surface area (TPSA) is 66.1 Å². The Hall–Kier alpha value is -2.03. The number of nitrogens with one attached hydrogen (secondary N) is 2. The van der Waals surface area contributed by atoms with Crippen molar-refractivity contribution >= 4 is 29.5 Å². The average Bonchev–Trinajstić information content (AvgIpc) is 3.33. The van der Waals surface area contributed by atoms with E-state index in [-0.39, 0.29) is 11.3 Å². The predicted molar refractivity (Wildman–Crippen MR) is 93.6 cm³/mol. The Bertz CT molecular complexity index is 784. The largest absolute Gasteiger partial charge is 0.433 e. The molecule has 1 aromatic rings. The molecule has 5 nitrogen and oxygen atoms in total. The van der Waals surface area contributed by atoms with E-state index >= 15 is 0 Å². The van der Waals surface area contributed by atoms with Crippen LogP contribution in [0.1, 0.15) is 31.5 Å². The van der Waals surface area contributed by atoms with Crippen molar-refractivity contribution in [2.45, 2.75) is 36.9 Å². The molecule has 1 aromatic heterocycles. The lowest BCUT2D eigenvalue weighted by Gasteiger charge is -2.12. The van der Waals surface area contributed by atoms with Crippen LogP contribution in [0.3, 0.4) is 0 Å². The van der Waals surface area contributed by atoms with Crippen molar-refractivity contribution in [1.82, 2.24) is 9.55 Å². The van der Waals surface area contributed by atoms with Crippen LogP contribution in [-0.2, 0) is 7.05 Å². The molecule has 0 unspecified atom stereocenters. The molecule has 0 bridgehead atoms. The monoisotopic (exact) mass is 369 g/mol. The van der Waals surface area contributed by atoms with Gasteiger partial charge in [0, 0.05) is 31.0 Å². The highest BCUT2D eigenvalue weighted by atomic mass is 32.2. The molecule has 0 atom stereocenters. The lowest BCUT2D eigenvalue weighted by Crippen LogP contribution is -2.17. The minimum atomic E-state index is -4.55. The summed E-state index contributed by atoms with van der Waals surface area (Å²) >= 11 is 1.65. The molecule has 1 aliphatic heterocycles. The van der Waals surface area contributed by atoms with Gasteiger partial charge in [-0.3, -0.25) is 4.99 Å². The van der Waals surface area contributed by atoms with E-state index in [0.717, 1.165) is 41.7 Å². The van der Waals surface area contributed by atoms with Crippen LogP contribution in [0.4, 0.5) is 19.0 Å². The van der Waals surface area contributed by atoms with Gasteiger partial charge in [-0.05, 0) is 24.7 Å². The first kappa shape index (κ1) is 17.8. The average molecular weight is 369 g/mol. The second-order valence-electron chi connectivity index (χ2n) is 5.83. The molecule has 0 spiro atoms. The van der Waals surface area contributed by atoms with Crippen molar-refractivity contribution in [2.24, 2.45) is 12.0 Å². The third-order valence-electron chi connectivity index (χ3n) is 3.89. The fraction of sp³-hybridized carbons (Fsp3) is 0.438. The third-order valence-corrected chi connectivity index (χ3v) is 4.92. The van der Waals surface area contributed by atoms with Crippen molar-refractivity contribution in [3.8, 4) is 0 Å². The third kappa shape index (κ3) is 3.81. The van der Waals surface area contributed by atoms with Gasteiger partial charge in [0.25, 0.3) is 0 Å². The van der Waals surface area contributed by atoms with Gasteiger partial charge in [0.15, 0.2) is 5.82 Å². The number of imidazole rings is 1. The fourth-order valence-corrected chi connectivity index (χ4v) is 3.29. The van der Waals surface area contributed by atoms with Crippen molar-refractivity contribution in [3.05, 3.63) is 29.4 Å². The summed E-state index contributed by atoms with van der Waals surface area (Å²) in [5.41, 5.74) is -1.03. The number of allylic oxidation sites excluding steroid dienone is 3. The van der Waals surface area contributed by atoms with Gasteiger partial charge in [0.2, 0.25) is 0 Å². The molecule has 2 aliphatic rings. The van der Waals surface area contributed by atoms with Crippen LogP contribution in [-0.4, -0.2) is 33.4 Å². The van der Waals surface area contributed by atoms with Gasteiger partial charge >= 0.3 is 6.18 Å². The summed E-state index contributed by atoms with van der Waals surface area (Å²) in [6, 6.07) is 0. The van der Waals surface area contributed by atoms with E-state index < -0.39 is 11.9 Å². The highest BCUT2D eigenvalue weighted by Crippen LogP contribution is 2.42. The van der Waals surface area contributed by atoms with Crippen molar-refractivity contribution in [3.63, 3.8) is 0 Å². The predicted octanol–water partition coefficient (Wildman–Crippen LogP) is 4.26. The first-order chi connectivity index (χ1) is 11.8. The number of anilines is 1. The Morgan fingerprint density at radius 3 is 2.72 bits per heavy atom. The number of nitrogens with zero attached hydrogens (tertiary/aromatic N) is 3. The molecule has 2 heterocycles. The molecular formula is C16H18F3N5S. The molecule has 1 aliphatic carbocycles. The number of rotatable bonds is 5. The zero-order valence-electron chi connectivity index (χ0n) is 13.8. The molecule has 1 fully saturated rings. The lowest BCUT2D eigenvalue weighted by atomic mass is 10.1. The van der Waals surface area contributed by atoms with E-state index in [1.807, 2.05) is 14.0 Å². The SMILES string of the molecule is CCSc1c(N/C=C2/C=NC(C(F)(F)F)=CC2=N)nc(C2CC2)n1C. The van der Waals surface area contributed by atoms with Crippen LogP contribution in [0.25, 0.3) is 0 Å². The van der Waals surface area contributed by atoms with Crippen LogP contribution in [0.15, 0.2) is 33.6 Å². The number of halogens is 3. The van der Waals surface area contributed by atoms with Gasteiger partial charge in [-0.2, -0.15) is 13.2 Å². The highest BCUT2D eigenvalue weighted by Gasteiger charge is 2.35. The maximum Gasteiger partial charge on any atom is 0.433 e. The lowest BCUT2D eigenvalue weighted by molar-refractivity contribution is -0.0922. The van der Waals surface area contributed by atoms with Gasteiger partial charge in [-0.1, -0.05) is 6.92 Å². The van der Waals surface area contributed by atoms with Gasteiger partial charge < -0.3 is 15.3 Å². The Morgan fingerprint density at radius 1 is 1.44 bits per heavy atom. The van der Waals surface area contributed by atoms with Gasteiger partial charge in [-0.25, -0.2) is 4.98 Å². The second kappa shape index (κ2) is 6.70. The maximum atomic E-state index is 12.6. The van der Waals surface area contributed by atoms with Crippen molar-refractivity contribution < 1.29 is 13.2 Å². The fourth-order valence-electron chi connectivity index (χ4n) is 2.48. The Labute approximate surface area is 147 Å². The second-order valence-corrected chi connectivity index (χ2v) is 7.09. The van der Waals surface area contributed by atoms with Crippen LogP contribution in [0.5, 0.6) is 0 Å². The minimum absolute atomic E-state index is 0.238. The van der Waals surface area contributed by atoms with E-state index in [2.05, 4.69) is 19.9 Å². The van der Waals surface area contributed by atoms with Crippen LogP contribution in [0, 0.1) is 5.41 Å². The zero-order chi connectivity index (χ0) is 18.2. The number of hydrogen-bond acceptors (Lipinski definition) is 5. The Balaban J connectivity index is 1.81. The molecule has 2 N–H and O–H groups in total. The first-order valence-electron chi connectivity index (χ1n) is 7.89. The minimum Gasteiger partial charge on any atom is -0.344 e. The number of hydrogen-bond donors (Lipinski definition) is 2. The molecule has 0 amide bonds. The highest BCUT2D eigenvalue weighted by molar-refractivity contribution is 7.99. The van der Waals surface area contributed by atoms with Gasteiger partial charge in [0.05, 0.1) is 5.71 Å². The summed E-state index contributed by atoms with van der Waals surface area (Å²) in [5, 5.41) is 11.8. The number of aromatic nitrogens is 2. The van der Waals surface area contributed by atoms with E-state index in [9.17, 15) is 13.2 Å².